The molecule has 0 fully saturated rings. The van der Waals surface area contributed by atoms with E-state index in [2.05, 4.69) is 28.4 Å². The average Bonchev–Trinajstić information content (AvgIpc) is 2.18. The van der Waals surface area contributed by atoms with Crippen LogP contribution in [0.1, 0.15) is 32.6 Å². The summed E-state index contributed by atoms with van der Waals surface area (Å²) in [5, 5.41) is 0. The fourth-order valence-electron chi connectivity index (χ4n) is 0.857. The van der Waals surface area contributed by atoms with E-state index in [-0.39, 0.29) is 0 Å². The number of unbranched alkanes of at least 4 members (excludes halogenated alkanes) is 2. The predicted molar refractivity (Wildman–Crippen MR) is 57.9 cm³/mol. The van der Waals surface area contributed by atoms with Crippen molar-refractivity contribution in [3.63, 3.8) is 0 Å². The molecule has 0 atom stereocenters. The highest BCUT2D eigenvalue weighted by molar-refractivity contribution is 5.69. The minimum Gasteiger partial charge on any atom is -0.352 e. The Morgan fingerprint density at radius 1 is 1.19 bits per heavy atom. The second kappa shape index (κ2) is 13.0. The van der Waals surface area contributed by atoms with E-state index in [1.165, 1.54) is 12.2 Å². The zero-order chi connectivity index (χ0) is 12.8. The maximum absolute atomic E-state index is 9.84. The van der Waals surface area contributed by atoms with E-state index < -0.39 is 12.2 Å². The lowest BCUT2D eigenvalue weighted by Gasteiger charge is -2.00. The van der Waals surface area contributed by atoms with Crippen LogP contribution in [0.3, 0.4) is 0 Å². The summed E-state index contributed by atoms with van der Waals surface area (Å²) in [6, 6.07) is -0.833. The van der Waals surface area contributed by atoms with Crippen LogP contribution in [0.4, 0.5) is 4.79 Å². The number of urea groups is 1. The van der Waals surface area contributed by atoms with Gasteiger partial charge in [0.25, 0.3) is 0 Å². The molecule has 0 saturated carbocycles. The highest BCUT2D eigenvalue weighted by Gasteiger charge is 2.02. The van der Waals surface area contributed by atoms with Crippen LogP contribution >= 0.6 is 0 Å². The summed E-state index contributed by atoms with van der Waals surface area (Å²) < 4.78 is 0. The van der Waals surface area contributed by atoms with Crippen molar-refractivity contribution < 1.29 is 14.4 Å². The molecule has 0 aromatic rings. The number of carbonyl (C=O) groups excluding carboxylic acids is 3. The molecule has 0 rings (SSSR count). The van der Waals surface area contributed by atoms with Crippen molar-refractivity contribution >= 4 is 18.2 Å². The van der Waals surface area contributed by atoms with Gasteiger partial charge in [-0.3, -0.25) is 0 Å². The van der Waals surface area contributed by atoms with E-state index in [0.29, 0.717) is 6.42 Å². The monoisotopic (exact) mass is 228 g/mol. The zero-order valence-electron chi connectivity index (χ0n) is 9.18. The summed E-state index contributed by atoms with van der Waals surface area (Å²) in [6.07, 6.45) is 5.88. The first-order valence-electron chi connectivity index (χ1n) is 4.77. The Labute approximate surface area is 93.6 Å². The standard InChI is InChI=1S/C8H12N2O2.CH4N2O/c1-2-3-4-5-8(9-6-11)10-7-12;2-1(3)4/h8H,2-5H2,1H3;(H4,2,3,4). The Balaban J connectivity index is 0. The van der Waals surface area contributed by atoms with Crippen LogP contribution in [-0.4, -0.2) is 24.4 Å². The van der Waals surface area contributed by atoms with Gasteiger partial charge in [0.15, 0.2) is 6.17 Å². The fraction of sp³-hybridized carbons (Fsp3) is 0.667. The quantitative estimate of drug-likeness (QED) is 0.392. The van der Waals surface area contributed by atoms with Gasteiger partial charge in [-0.05, 0) is 12.8 Å². The van der Waals surface area contributed by atoms with Crippen LogP contribution in [0.15, 0.2) is 9.98 Å². The summed E-state index contributed by atoms with van der Waals surface area (Å²) in [7, 11) is 0. The first-order valence-corrected chi connectivity index (χ1v) is 4.77. The number of nitrogens with two attached hydrogens (primary N) is 2. The van der Waals surface area contributed by atoms with Crippen LogP contribution in [0, 0.1) is 0 Å². The highest BCUT2D eigenvalue weighted by Crippen LogP contribution is 2.06. The molecule has 0 aromatic heterocycles. The van der Waals surface area contributed by atoms with Crippen molar-refractivity contribution in [3.8, 4) is 0 Å². The molecular weight excluding hydrogens is 212 g/mol. The number of isocyanates is 2. The van der Waals surface area contributed by atoms with Crippen LogP contribution in [0.2, 0.25) is 0 Å². The third-order valence-corrected chi connectivity index (χ3v) is 1.47. The number of primary amides is 2. The highest BCUT2D eigenvalue weighted by atomic mass is 16.2. The summed E-state index contributed by atoms with van der Waals surface area (Å²) in [5.74, 6) is 0. The zero-order valence-corrected chi connectivity index (χ0v) is 9.18. The molecule has 0 heterocycles. The van der Waals surface area contributed by atoms with Crippen molar-refractivity contribution in [1.82, 2.24) is 0 Å². The maximum atomic E-state index is 9.84. The van der Waals surface area contributed by atoms with Gasteiger partial charge in [-0.1, -0.05) is 19.8 Å². The summed E-state index contributed by atoms with van der Waals surface area (Å²) >= 11 is 0. The van der Waals surface area contributed by atoms with E-state index in [1.54, 1.807) is 0 Å². The van der Waals surface area contributed by atoms with E-state index in [4.69, 9.17) is 4.79 Å². The predicted octanol–water partition coefficient (Wildman–Crippen LogP) is 0.588. The number of rotatable bonds is 6. The van der Waals surface area contributed by atoms with Crippen molar-refractivity contribution in [2.45, 2.75) is 38.8 Å². The fourth-order valence-corrected chi connectivity index (χ4v) is 0.857. The molecule has 0 bridgehead atoms. The second-order valence-corrected chi connectivity index (χ2v) is 2.82. The van der Waals surface area contributed by atoms with Crippen molar-refractivity contribution in [1.29, 1.82) is 0 Å². The van der Waals surface area contributed by atoms with Gasteiger partial charge in [0.05, 0.1) is 0 Å². The molecule has 16 heavy (non-hydrogen) atoms. The molecule has 0 aliphatic rings. The van der Waals surface area contributed by atoms with Crippen molar-refractivity contribution in [3.05, 3.63) is 0 Å². The number of hydrogen-bond donors (Lipinski definition) is 2. The summed E-state index contributed by atoms with van der Waals surface area (Å²) in [6.45, 7) is 2.07. The van der Waals surface area contributed by atoms with Gasteiger partial charge in [-0.15, -0.1) is 0 Å². The molecule has 0 unspecified atom stereocenters. The molecule has 4 N–H and O–H groups in total. The normalized spacial score (nSPS) is 9.81. The minimum atomic E-state index is -0.833. The summed E-state index contributed by atoms with van der Waals surface area (Å²) in [5.41, 5.74) is 8.50. The molecule has 0 aliphatic heterocycles. The van der Waals surface area contributed by atoms with Crippen LogP contribution < -0.4 is 11.5 Å². The molecule has 0 spiro atoms. The topological polar surface area (TPSA) is 128 Å². The van der Waals surface area contributed by atoms with Gasteiger partial charge in [-0.2, -0.15) is 9.98 Å². The summed E-state index contributed by atoms with van der Waals surface area (Å²) in [4.78, 5) is 35.4. The lowest BCUT2D eigenvalue weighted by atomic mass is 10.2. The molecule has 7 heteroatoms. The number of aliphatic imine (C=N–C) groups is 2. The number of hydrogen-bond acceptors (Lipinski definition) is 5. The average molecular weight is 228 g/mol. The van der Waals surface area contributed by atoms with Gasteiger partial charge in [0, 0.05) is 0 Å². The minimum absolute atomic E-state index is 0.563. The lowest BCUT2D eigenvalue weighted by molar-refractivity contribution is 0.256. The second-order valence-electron chi connectivity index (χ2n) is 2.82. The smallest absolute Gasteiger partial charge is 0.309 e. The van der Waals surface area contributed by atoms with Gasteiger partial charge in [0.1, 0.15) is 0 Å². The van der Waals surface area contributed by atoms with Crippen molar-refractivity contribution in [2.75, 3.05) is 0 Å². The molecule has 90 valence electrons. The first-order chi connectivity index (χ1) is 7.58. The third-order valence-electron chi connectivity index (χ3n) is 1.47. The Kier molecular flexibility index (Phi) is 13.4. The number of nitrogens with zero attached hydrogens (tertiary/aromatic N) is 2. The number of carbonyl (C=O) groups is 1. The maximum Gasteiger partial charge on any atom is 0.309 e. The van der Waals surface area contributed by atoms with E-state index in [9.17, 15) is 9.59 Å². The van der Waals surface area contributed by atoms with Crippen LogP contribution in [-0.2, 0) is 9.59 Å². The van der Waals surface area contributed by atoms with E-state index in [0.717, 1.165) is 19.3 Å². The molecule has 0 saturated heterocycles. The molecule has 7 nitrogen and oxygen atoms in total. The van der Waals surface area contributed by atoms with Gasteiger partial charge >= 0.3 is 6.03 Å². The van der Waals surface area contributed by atoms with E-state index in [1.807, 2.05) is 0 Å². The molecular formula is C9H16N4O3. The Hall–Kier alpha value is -1.97. The Bertz CT molecular complexity index is 258. The van der Waals surface area contributed by atoms with Crippen LogP contribution in [0.5, 0.6) is 0 Å². The first kappa shape index (κ1) is 16.5. The van der Waals surface area contributed by atoms with Crippen molar-refractivity contribution in [2.24, 2.45) is 21.5 Å². The van der Waals surface area contributed by atoms with Gasteiger partial charge in [-0.25, -0.2) is 14.4 Å². The molecule has 0 aromatic carbocycles. The molecule has 2 amide bonds. The largest absolute Gasteiger partial charge is 0.352 e. The third kappa shape index (κ3) is 17.9. The molecule has 0 aliphatic carbocycles. The van der Waals surface area contributed by atoms with Gasteiger partial charge in [0.2, 0.25) is 12.2 Å². The van der Waals surface area contributed by atoms with Gasteiger partial charge < -0.3 is 11.5 Å². The van der Waals surface area contributed by atoms with E-state index >= 15 is 0 Å². The van der Waals surface area contributed by atoms with Crippen LogP contribution in [0.25, 0.3) is 0 Å². The molecule has 0 radical (unpaired) electrons. The SMILES string of the molecule is CCCCCC(N=C=O)N=C=O.NC(N)=O. The lowest BCUT2D eigenvalue weighted by Crippen LogP contribution is -2.18. The Morgan fingerprint density at radius 2 is 1.62 bits per heavy atom. The Morgan fingerprint density at radius 3 is 1.94 bits per heavy atom. The number of amides is 2.